The Morgan fingerprint density at radius 2 is 2.31 bits per heavy atom. The van der Waals surface area contributed by atoms with Crippen molar-refractivity contribution in [3.63, 3.8) is 0 Å². The number of pyridine rings is 1. The minimum absolute atomic E-state index is 0.584. The normalized spacial score (nSPS) is 25.4. The highest BCUT2D eigenvalue weighted by Gasteiger charge is 2.21. The average molecular weight is 301 g/mol. The van der Waals surface area contributed by atoms with Crippen molar-refractivity contribution in [2.75, 3.05) is 11.1 Å². The maximum absolute atomic E-state index is 4.41. The van der Waals surface area contributed by atoms with Crippen molar-refractivity contribution in [3.8, 4) is 0 Å². The molecule has 88 valence electrons. The van der Waals surface area contributed by atoms with E-state index >= 15 is 0 Å². The fraction of sp³-hybridized carbons (Fsp3) is 0.583. The summed E-state index contributed by atoms with van der Waals surface area (Å²) in [7, 11) is 0. The van der Waals surface area contributed by atoms with Gasteiger partial charge in [-0.25, -0.2) is 4.98 Å². The predicted molar refractivity (Wildman–Crippen MR) is 75.2 cm³/mol. The summed E-state index contributed by atoms with van der Waals surface area (Å²) in [6.45, 7) is 4.36. The molecule has 0 aliphatic carbocycles. The van der Waals surface area contributed by atoms with E-state index < -0.39 is 0 Å². The van der Waals surface area contributed by atoms with Crippen LogP contribution >= 0.6 is 27.7 Å². The van der Waals surface area contributed by atoms with Crippen LogP contribution in [0.5, 0.6) is 0 Å². The number of nitrogens with one attached hydrogen (secondary N) is 1. The van der Waals surface area contributed by atoms with Crippen LogP contribution < -0.4 is 5.32 Å². The molecule has 1 saturated heterocycles. The van der Waals surface area contributed by atoms with E-state index in [1.807, 2.05) is 13.0 Å². The molecule has 2 heterocycles. The zero-order valence-corrected chi connectivity index (χ0v) is 12.1. The molecule has 1 N–H and O–H groups in total. The molecule has 4 heteroatoms. The first-order valence-electron chi connectivity index (χ1n) is 5.68. The van der Waals surface area contributed by atoms with Gasteiger partial charge in [0, 0.05) is 11.3 Å². The van der Waals surface area contributed by atoms with Gasteiger partial charge >= 0.3 is 0 Å². The van der Waals surface area contributed by atoms with E-state index in [0.29, 0.717) is 11.3 Å². The molecule has 2 nitrogen and oxygen atoms in total. The van der Waals surface area contributed by atoms with Gasteiger partial charge in [-0.2, -0.15) is 11.8 Å². The first-order valence-corrected chi connectivity index (χ1v) is 7.52. The number of hydrogen-bond acceptors (Lipinski definition) is 3. The van der Waals surface area contributed by atoms with E-state index in [9.17, 15) is 0 Å². The molecule has 0 aromatic carbocycles. The molecule has 0 bridgehead atoms. The first kappa shape index (κ1) is 12.2. The largest absolute Gasteiger partial charge is 0.380 e. The fourth-order valence-corrected chi connectivity index (χ4v) is 3.54. The van der Waals surface area contributed by atoms with Crippen LogP contribution in [0, 0.1) is 6.92 Å². The lowest BCUT2D eigenvalue weighted by molar-refractivity contribution is 0.616. The van der Waals surface area contributed by atoms with Gasteiger partial charge in [0.05, 0.1) is 11.4 Å². The van der Waals surface area contributed by atoms with Crippen LogP contribution in [0.25, 0.3) is 0 Å². The quantitative estimate of drug-likeness (QED) is 0.840. The standard InChI is InChI=1S/C12H17BrN2S/c1-8-10(5-6-12(13)14-8)15-11-4-3-7-16-9(11)2/h5-6,9,11,15H,3-4,7H2,1-2H3. The fourth-order valence-electron chi connectivity index (χ4n) is 2.00. The molecule has 2 rings (SSSR count). The van der Waals surface area contributed by atoms with Crippen LogP contribution in [0.2, 0.25) is 0 Å². The molecule has 0 amide bonds. The monoisotopic (exact) mass is 300 g/mol. The number of halogens is 1. The summed E-state index contributed by atoms with van der Waals surface area (Å²) in [5, 5.41) is 4.31. The number of rotatable bonds is 2. The summed E-state index contributed by atoms with van der Waals surface area (Å²) >= 11 is 5.45. The van der Waals surface area contributed by atoms with Gasteiger partial charge < -0.3 is 5.32 Å². The highest BCUT2D eigenvalue weighted by molar-refractivity contribution is 9.10. The Labute approximate surface area is 110 Å². The van der Waals surface area contributed by atoms with Crippen molar-refractivity contribution >= 4 is 33.4 Å². The Balaban J connectivity index is 2.07. The van der Waals surface area contributed by atoms with E-state index in [-0.39, 0.29) is 0 Å². The highest BCUT2D eigenvalue weighted by atomic mass is 79.9. The van der Waals surface area contributed by atoms with Crippen LogP contribution in [-0.4, -0.2) is 22.0 Å². The minimum atomic E-state index is 0.584. The second-order valence-corrected chi connectivity index (χ2v) is 6.53. The molecule has 1 fully saturated rings. The lowest BCUT2D eigenvalue weighted by Crippen LogP contribution is -2.33. The van der Waals surface area contributed by atoms with Crippen molar-refractivity contribution in [3.05, 3.63) is 22.4 Å². The highest BCUT2D eigenvalue weighted by Crippen LogP contribution is 2.28. The number of nitrogens with zero attached hydrogens (tertiary/aromatic N) is 1. The maximum Gasteiger partial charge on any atom is 0.106 e. The van der Waals surface area contributed by atoms with Gasteiger partial charge in [-0.05, 0) is 53.6 Å². The number of aromatic nitrogens is 1. The third-order valence-corrected chi connectivity index (χ3v) is 4.82. The Hall–Kier alpha value is -0.220. The minimum Gasteiger partial charge on any atom is -0.380 e. The van der Waals surface area contributed by atoms with Gasteiger partial charge in [-0.3, -0.25) is 0 Å². The molecule has 2 atom stereocenters. The van der Waals surface area contributed by atoms with Crippen LogP contribution in [0.3, 0.4) is 0 Å². The number of aryl methyl sites for hydroxylation is 1. The SMILES string of the molecule is Cc1nc(Br)ccc1NC1CCCSC1C. The average Bonchev–Trinajstić information content (AvgIpc) is 2.25. The van der Waals surface area contributed by atoms with Crippen LogP contribution in [0.1, 0.15) is 25.5 Å². The van der Waals surface area contributed by atoms with E-state index in [4.69, 9.17) is 0 Å². The van der Waals surface area contributed by atoms with Crippen molar-refractivity contribution in [1.82, 2.24) is 4.98 Å². The molecule has 1 aromatic rings. The van der Waals surface area contributed by atoms with E-state index in [2.05, 4.69) is 51.0 Å². The molecule has 0 saturated carbocycles. The Morgan fingerprint density at radius 3 is 3.00 bits per heavy atom. The van der Waals surface area contributed by atoms with E-state index in [1.165, 1.54) is 24.3 Å². The van der Waals surface area contributed by atoms with Gasteiger partial charge in [0.2, 0.25) is 0 Å². The van der Waals surface area contributed by atoms with Crippen molar-refractivity contribution in [2.45, 2.75) is 38.0 Å². The number of thioether (sulfide) groups is 1. The van der Waals surface area contributed by atoms with Gasteiger partial charge in [0.25, 0.3) is 0 Å². The summed E-state index contributed by atoms with van der Waals surface area (Å²) in [5.41, 5.74) is 2.24. The lowest BCUT2D eigenvalue weighted by Gasteiger charge is -2.30. The maximum atomic E-state index is 4.41. The lowest BCUT2D eigenvalue weighted by atomic mass is 10.1. The molecular weight excluding hydrogens is 284 g/mol. The van der Waals surface area contributed by atoms with E-state index in [0.717, 1.165) is 10.3 Å². The zero-order valence-electron chi connectivity index (χ0n) is 9.66. The molecule has 1 aliphatic rings. The smallest absolute Gasteiger partial charge is 0.106 e. The number of hydrogen-bond donors (Lipinski definition) is 1. The predicted octanol–water partition coefficient (Wildman–Crippen LogP) is 3.85. The van der Waals surface area contributed by atoms with Gasteiger partial charge in [-0.15, -0.1) is 0 Å². The summed E-state index contributed by atoms with van der Waals surface area (Å²) in [5.74, 6) is 1.30. The summed E-state index contributed by atoms with van der Waals surface area (Å²) in [6.07, 6.45) is 2.58. The molecule has 2 unspecified atom stereocenters. The summed E-state index contributed by atoms with van der Waals surface area (Å²) in [4.78, 5) is 4.41. The molecule has 1 aromatic heterocycles. The van der Waals surface area contributed by atoms with Crippen molar-refractivity contribution < 1.29 is 0 Å². The third kappa shape index (κ3) is 2.92. The second kappa shape index (κ2) is 5.41. The van der Waals surface area contributed by atoms with Crippen LogP contribution in [0.4, 0.5) is 5.69 Å². The summed E-state index contributed by atoms with van der Waals surface area (Å²) in [6, 6.07) is 4.69. The number of anilines is 1. The van der Waals surface area contributed by atoms with Gasteiger partial charge in [0.1, 0.15) is 4.60 Å². The second-order valence-electron chi connectivity index (χ2n) is 4.24. The first-order chi connectivity index (χ1) is 7.66. The van der Waals surface area contributed by atoms with Crippen LogP contribution in [-0.2, 0) is 0 Å². The molecular formula is C12H17BrN2S. The Kier molecular flexibility index (Phi) is 4.14. The topological polar surface area (TPSA) is 24.9 Å². The van der Waals surface area contributed by atoms with Crippen molar-refractivity contribution in [1.29, 1.82) is 0 Å². The zero-order chi connectivity index (χ0) is 11.5. The molecule has 1 aliphatic heterocycles. The molecule has 16 heavy (non-hydrogen) atoms. The molecule has 0 radical (unpaired) electrons. The van der Waals surface area contributed by atoms with E-state index in [1.54, 1.807) is 0 Å². The Morgan fingerprint density at radius 1 is 1.50 bits per heavy atom. The van der Waals surface area contributed by atoms with Gasteiger partial charge in [-0.1, -0.05) is 6.92 Å². The Bertz CT molecular complexity index is 370. The molecule has 0 spiro atoms. The van der Waals surface area contributed by atoms with Crippen molar-refractivity contribution in [2.24, 2.45) is 0 Å². The van der Waals surface area contributed by atoms with Gasteiger partial charge in [0.15, 0.2) is 0 Å². The van der Waals surface area contributed by atoms with Crippen LogP contribution in [0.15, 0.2) is 16.7 Å². The summed E-state index contributed by atoms with van der Waals surface area (Å²) < 4.78 is 0.904. The third-order valence-electron chi connectivity index (χ3n) is 3.00.